The maximum atomic E-state index is 9.35. The van der Waals surface area contributed by atoms with E-state index in [0.717, 1.165) is 10.9 Å². The van der Waals surface area contributed by atoms with Crippen LogP contribution >= 0.6 is 22.6 Å². The number of nitrogens with zero attached hydrogens (tertiary/aromatic N) is 5. The Kier molecular flexibility index (Phi) is 5.93. The lowest BCUT2D eigenvalue weighted by Crippen LogP contribution is -2.01. The zero-order valence-electron chi connectivity index (χ0n) is 14.7. The van der Waals surface area contributed by atoms with Crippen LogP contribution in [0.5, 0.6) is 0 Å². The largest absolute Gasteiger partial charge is 0.307 e. The Bertz CT molecular complexity index is 1110. The van der Waals surface area contributed by atoms with Gasteiger partial charge in [-0.25, -0.2) is 9.97 Å². The molecule has 27 heavy (non-hydrogen) atoms. The van der Waals surface area contributed by atoms with Crippen LogP contribution in [0.15, 0.2) is 48.5 Å². The second-order valence-electron chi connectivity index (χ2n) is 5.44. The summed E-state index contributed by atoms with van der Waals surface area (Å²) < 4.78 is 0. The number of hydrogen-bond acceptors (Lipinski definition) is 6. The topological polar surface area (TPSA) is 103 Å². The minimum Gasteiger partial charge on any atom is -0.307 e. The second kappa shape index (κ2) is 8.55. The number of aromatic amines is 1. The molecule has 4 rings (SSSR count). The normalized spacial score (nSPS) is 10.0. The third-order valence-electron chi connectivity index (χ3n) is 3.72. The van der Waals surface area contributed by atoms with E-state index in [-0.39, 0.29) is 0 Å². The van der Waals surface area contributed by atoms with Crippen molar-refractivity contribution in [2.75, 3.05) is 10.2 Å². The van der Waals surface area contributed by atoms with E-state index in [0.29, 0.717) is 34.5 Å². The first-order valence-corrected chi connectivity index (χ1v) is 10.2. The Balaban J connectivity index is 0.00000102. The molecule has 0 radical (unpaired) electrons. The summed E-state index contributed by atoms with van der Waals surface area (Å²) >= 11 is 2.15. The van der Waals surface area contributed by atoms with Crippen LogP contribution in [0.1, 0.15) is 11.4 Å². The van der Waals surface area contributed by atoms with Gasteiger partial charge in [-0.1, -0.05) is 46.9 Å². The summed E-state index contributed by atoms with van der Waals surface area (Å²) in [5.41, 5.74) is 1.98. The molecular formula is C19H16IN7. The molecule has 0 aliphatic rings. The molecule has 0 aliphatic carbocycles. The Morgan fingerprint density at radius 2 is 1.74 bits per heavy atom. The zero-order valence-corrected chi connectivity index (χ0v) is 16.9. The van der Waals surface area contributed by atoms with E-state index in [1.165, 1.54) is 0 Å². The number of hydrogen-bond donors (Lipinski definition) is 2. The lowest BCUT2D eigenvalue weighted by Gasteiger charge is -2.09. The number of aromatic nitrogens is 5. The number of benzene rings is 2. The van der Waals surface area contributed by atoms with Gasteiger partial charge < -0.3 is 5.32 Å². The molecule has 0 spiro atoms. The second-order valence-corrected chi connectivity index (χ2v) is 5.44. The summed E-state index contributed by atoms with van der Waals surface area (Å²) in [6.07, 6.45) is 0. The average Bonchev–Trinajstić information content (AvgIpc) is 3.14. The van der Waals surface area contributed by atoms with Gasteiger partial charge in [-0.2, -0.15) is 10.2 Å². The quantitative estimate of drug-likeness (QED) is 0.341. The van der Waals surface area contributed by atoms with Crippen LogP contribution in [0.4, 0.5) is 11.8 Å². The maximum Gasteiger partial charge on any atom is 0.247 e. The molecule has 4 aromatic rings. The number of aryl methyl sites for hydroxylation is 1. The van der Waals surface area contributed by atoms with Crippen molar-refractivity contribution in [3.8, 4) is 17.5 Å². The van der Waals surface area contributed by atoms with Gasteiger partial charge in [0.25, 0.3) is 0 Å². The Morgan fingerprint density at radius 3 is 2.48 bits per heavy atom. The SMILES string of the molecule is CI.Cc1nc(Nc2nc(-c3ccccc3C#N)nc3ccccc23)n[nH]1. The third-order valence-corrected chi connectivity index (χ3v) is 3.72. The van der Waals surface area contributed by atoms with Crippen LogP contribution in [0.25, 0.3) is 22.3 Å². The van der Waals surface area contributed by atoms with Crippen molar-refractivity contribution in [1.82, 2.24) is 25.1 Å². The summed E-state index contributed by atoms with van der Waals surface area (Å²) in [5.74, 6) is 2.20. The number of H-pyrrole nitrogens is 1. The fourth-order valence-electron chi connectivity index (χ4n) is 2.57. The van der Waals surface area contributed by atoms with E-state index in [2.05, 4.69) is 59.1 Å². The fourth-order valence-corrected chi connectivity index (χ4v) is 2.57. The minimum absolute atomic E-state index is 0.431. The average molecular weight is 469 g/mol. The highest BCUT2D eigenvalue weighted by Crippen LogP contribution is 2.27. The summed E-state index contributed by atoms with van der Waals surface area (Å²) in [4.78, 5) is 15.5. The number of halogens is 1. The molecule has 0 aliphatic heterocycles. The standard InChI is InChI=1S/C18H13N7.CH3I/c1-11-20-18(25-24-11)23-17-14-8-4-5-9-15(14)21-16(22-17)13-7-3-2-6-12(13)10-19;1-2/h2-9H,1H3,(H2,20,21,22,23,24,25);1H3. The lowest BCUT2D eigenvalue weighted by atomic mass is 10.1. The minimum atomic E-state index is 0.431. The number of nitrogens with one attached hydrogen (secondary N) is 2. The number of alkyl halides is 1. The van der Waals surface area contributed by atoms with Crippen LogP contribution in [-0.4, -0.2) is 30.1 Å². The van der Waals surface area contributed by atoms with E-state index < -0.39 is 0 Å². The molecule has 0 bridgehead atoms. The van der Waals surface area contributed by atoms with E-state index in [1.807, 2.05) is 54.3 Å². The maximum absolute atomic E-state index is 9.35. The zero-order chi connectivity index (χ0) is 19.2. The van der Waals surface area contributed by atoms with Gasteiger partial charge in [-0.15, -0.1) is 5.10 Å². The predicted octanol–water partition coefficient (Wildman–Crippen LogP) is 4.39. The van der Waals surface area contributed by atoms with Gasteiger partial charge in [0.2, 0.25) is 5.95 Å². The van der Waals surface area contributed by atoms with Crippen molar-refractivity contribution in [2.24, 2.45) is 0 Å². The van der Waals surface area contributed by atoms with Gasteiger partial charge >= 0.3 is 0 Å². The molecule has 7 nitrogen and oxygen atoms in total. The van der Waals surface area contributed by atoms with E-state index in [4.69, 9.17) is 0 Å². The first-order chi connectivity index (χ1) is 13.2. The molecule has 0 atom stereocenters. The summed E-state index contributed by atoms with van der Waals surface area (Å²) in [6.45, 7) is 1.82. The molecule has 0 amide bonds. The molecule has 2 heterocycles. The number of rotatable bonds is 3. The van der Waals surface area contributed by atoms with Crippen LogP contribution in [-0.2, 0) is 0 Å². The highest BCUT2D eigenvalue weighted by molar-refractivity contribution is 14.1. The van der Waals surface area contributed by atoms with Gasteiger partial charge in [-0.3, -0.25) is 5.10 Å². The molecule has 2 N–H and O–H groups in total. The molecule has 134 valence electrons. The summed E-state index contributed by atoms with van der Waals surface area (Å²) in [7, 11) is 0. The van der Waals surface area contributed by atoms with Crippen LogP contribution in [0, 0.1) is 18.3 Å². The van der Waals surface area contributed by atoms with Gasteiger partial charge in [0.15, 0.2) is 5.82 Å². The van der Waals surface area contributed by atoms with Crippen molar-refractivity contribution in [3.63, 3.8) is 0 Å². The molecule has 0 unspecified atom stereocenters. The molecule has 2 aromatic heterocycles. The Hall–Kier alpha value is -3.06. The van der Waals surface area contributed by atoms with Gasteiger partial charge in [0.05, 0.1) is 17.1 Å². The van der Waals surface area contributed by atoms with E-state index in [9.17, 15) is 5.26 Å². The van der Waals surface area contributed by atoms with Gasteiger partial charge in [0, 0.05) is 10.9 Å². The molecule has 0 saturated heterocycles. The molecular weight excluding hydrogens is 453 g/mol. The summed E-state index contributed by atoms with van der Waals surface area (Å²) in [5, 5.41) is 20.2. The van der Waals surface area contributed by atoms with Crippen molar-refractivity contribution < 1.29 is 0 Å². The van der Waals surface area contributed by atoms with Crippen molar-refractivity contribution in [1.29, 1.82) is 5.26 Å². The fraction of sp³-hybridized carbons (Fsp3) is 0.105. The van der Waals surface area contributed by atoms with E-state index in [1.54, 1.807) is 6.07 Å². The van der Waals surface area contributed by atoms with Crippen LogP contribution in [0.3, 0.4) is 0 Å². The highest BCUT2D eigenvalue weighted by atomic mass is 127. The number of anilines is 2. The molecule has 8 heteroatoms. The first kappa shape index (κ1) is 18.7. The number of para-hydroxylation sites is 1. The summed E-state index contributed by atoms with van der Waals surface area (Å²) in [6, 6.07) is 17.1. The number of nitriles is 1. The third kappa shape index (κ3) is 4.03. The van der Waals surface area contributed by atoms with Gasteiger partial charge in [0.1, 0.15) is 11.6 Å². The first-order valence-electron chi connectivity index (χ1n) is 8.05. The Labute approximate surface area is 170 Å². The Morgan fingerprint density at radius 1 is 1.00 bits per heavy atom. The molecule has 2 aromatic carbocycles. The number of fused-ring (bicyclic) bond motifs is 1. The smallest absolute Gasteiger partial charge is 0.247 e. The van der Waals surface area contributed by atoms with Crippen molar-refractivity contribution >= 4 is 45.3 Å². The predicted molar refractivity (Wildman–Crippen MR) is 114 cm³/mol. The van der Waals surface area contributed by atoms with Crippen LogP contribution in [0.2, 0.25) is 0 Å². The van der Waals surface area contributed by atoms with Crippen molar-refractivity contribution in [2.45, 2.75) is 6.92 Å². The van der Waals surface area contributed by atoms with Crippen molar-refractivity contribution in [3.05, 3.63) is 59.9 Å². The highest BCUT2D eigenvalue weighted by Gasteiger charge is 2.13. The van der Waals surface area contributed by atoms with Gasteiger partial charge in [-0.05, 0) is 36.1 Å². The van der Waals surface area contributed by atoms with Crippen LogP contribution < -0.4 is 5.32 Å². The monoisotopic (exact) mass is 469 g/mol. The molecule has 0 fully saturated rings. The lowest BCUT2D eigenvalue weighted by molar-refractivity contribution is 1.04. The molecule has 0 saturated carbocycles. The van der Waals surface area contributed by atoms with E-state index >= 15 is 0 Å².